The highest BCUT2D eigenvalue weighted by Gasteiger charge is 2.44. The number of halogens is 4. The Morgan fingerprint density at radius 1 is 1.39 bits per heavy atom. The second-order valence-electron chi connectivity index (χ2n) is 7.28. The van der Waals surface area contributed by atoms with Crippen LogP contribution in [-0.2, 0) is 19.0 Å². The van der Waals surface area contributed by atoms with Crippen molar-refractivity contribution >= 4 is 27.5 Å². The number of hydrogen-bond acceptors (Lipinski definition) is 4. The van der Waals surface area contributed by atoms with E-state index in [0.717, 1.165) is 0 Å². The van der Waals surface area contributed by atoms with Crippen molar-refractivity contribution in [2.75, 3.05) is 6.67 Å². The van der Waals surface area contributed by atoms with E-state index in [4.69, 9.17) is 5.73 Å². The number of nitrogens with two attached hydrogens (primary N) is 1. The molecule has 2 heterocycles. The Morgan fingerprint density at radius 2 is 2.11 bits per heavy atom. The number of carbonyl (C=O) groups excluding carboxylic acids is 1. The molecule has 0 bridgehead atoms. The lowest BCUT2D eigenvalue weighted by Gasteiger charge is -2.36. The summed E-state index contributed by atoms with van der Waals surface area (Å²) >= 11 is 3.22. The molecule has 0 saturated heterocycles. The fourth-order valence-corrected chi connectivity index (χ4v) is 3.85. The molecule has 0 amide bonds. The summed E-state index contributed by atoms with van der Waals surface area (Å²) in [5, 5.41) is 0. The van der Waals surface area contributed by atoms with Crippen molar-refractivity contribution in [1.82, 2.24) is 9.55 Å². The Kier molecular flexibility index (Phi) is 5.40. The summed E-state index contributed by atoms with van der Waals surface area (Å²) in [6.07, 6.45) is 1.57. The molecular weight excluding hydrogens is 437 g/mol. The van der Waals surface area contributed by atoms with Gasteiger partial charge in [-0.15, -0.1) is 0 Å². The zero-order valence-corrected chi connectivity index (χ0v) is 17.1. The van der Waals surface area contributed by atoms with Gasteiger partial charge in [0.15, 0.2) is 11.5 Å². The SMILES string of the molecule is Cn1cc(Br)nc1C(=O)Cc1ccc(F)c([C@]2(C)CC[C@@](F)(CF)C(N)=N2)c1. The summed E-state index contributed by atoms with van der Waals surface area (Å²) in [7, 11) is 1.70. The van der Waals surface area contributed by atoms with Crippen molar-refractivity contribution in [2.45, 2.75) is 37.4 Å². The summed E-state index contributed by atoms with van der Waals surface area (Å²) in [4.78, 5) is 20.8. The van der Waals surface area contributed by atoms with Gasteiger partial charge in [-0.3, -0.25) is 9.79 Å². The van der Waals surface area contributed by atoms with Crippen molar-refractivity contribution in [3.63, 3.8) is 0 Å². The predicted octanol–water partition coefficient (Wildman–Crippen LogP) is 3.79. The lowest BCUT2D eigenvalue weighted by atomic mass is 9.80. The van der Waals surface area contributed by atoms with Crippen molar-refractivity contribution < 1.29 is 18.0 Å². The van der Waals surface area contributed by atoms with Crippen molar-refractivity contribution in [1.29, 1.82) is 0 Å². The number of carbonyl (C=O) groups is 1. The van der Waals surface area contributed by atoms with E-state index in [1.54, 1.807) is 24.7 Å². The van der Waals surface area contributed by atoms with Crippen LogP contribution in [0.5, 0.6) is 0 Å². The normalized spacial score (nSPS) is 24.9. The number of hydrogen-bond donors (Lipinski definition) is 1. The molecule has 150 valence electrons. The third-order valence-corrected chi connectivity index (χ3v) is 5.50. The number of imidazole rings is 1. The highest BCUT2D eigenvalue weighted by atomic mass is 79.9. The van der Waals surface area contributed by atoms with E-state index in [1.165, 1.54) is 18.2 Å². The number of alkyl halides is 2. The zero-order chi connectivity index (χ0) is 20.7. The Morgan fingerprint density at radius 3 is 2.68 bits per heavy atom. The molecule has 5 nitrogen and oxygen atoms in total. The summed E-state index contributed by atoms with van der Waals surface area (Å²) in [6, 6.07) is 4.29. The molecule has 0 fully saturated rings. The molecule has 0 saturated carbocycles. The van der Waals surface area contributed by atoms with Gasteiger partial charge in [0.25, 0.3) is 0 Å². The Hall–Kier alpha value is -2.16. The van der Waals surface area contributed by atoms with Gasteiger partial charge in [0.05, 0.1) is 5.54 Å². The number of ketones is 1. The van der Waals surface area contributed by atoms with Crippen LogP contribution in [-0.4, -0.2) is 33.5 Å². The Labute approximate surface area is 169 Å². The molecule has 0 radical (unpaired) electrons. The first-order valence-corrected chi connectivity index (χ1v) is 9.49. The minimum absolute atomic E-state index is 0.0113. The highest BCUT2D eigenvalue weighted by Crippen LogP contribution is 2.40. The summed E-state index contributed by atoms with van der Waals surface area (Å²) < 4.78 is 44.0. The third kappa shape index (κ3) is 3.72. The molecule has 2 atom stereocenters. The zero-order valence-electron chi connectivity index (χ0n) is 15.5. The van der Waals surface area contributed by atoms with Gasteiger partial charge in [-0.2, -0.15) is 0 Å². The monoisotopic (exact) mass is 456 g/mol. The van der Waals surface area contributed by atoms with E-state index in [-0.39, 0.29) is 36.4 Å². The Balaban J connectivity index is 1.92. The molecule has 28 heavy (non-hydrogen) atoms. The maximum absolute atomic E-state index is 14.5. The number of aromatic nitrogens is 2. The second-order valence-corrected chi connectivity index (χ2v) is 8.09. The number of nitrogens with zero attached hydrogens (tertiary/aromatic N) is 3. The van der Waals surface area contributed by atoms with Gasteiger partial charge in [0, 0.05) is 25.2 Å². The van der Waals surface area contributed by atoms with E-state index in [2.05, 4.69) is 25.9 Å². The minimum Gasteiger partial charge on any atom is -0.385 e. The fraction of sp³-hybridized carbons (Fsp3) is 0.421. The van der Waals surface area contributed by atoms with Gasteiger partial charge in [-0.1, -0.05) is 6.07 Å². The lowest BCUT2D eigenvalue weighted by molar-refractivity contribution is 0.0980. The second kappa shape index (κ2) is 7.35. The van der Waals surface area contributed by atoms with Crippen LogP contribution in [0.2, 0.25) is 0 Å². The van der Waals surface area contributed by atoms with Crippen LogP contribution in [0.1, 0.15) is 41.5 Å². The van der Waals surface area contributed by atoms with Crippen LogP contribution in [0.3, 0.4) is 0 Å². The summed E-state index contributed by atoms with van der Waals surface area (Å²) in [5.74, 6) is -0.971. The van der Waals surface area contributed by atoms with Crippen LogP contribution in [0, 0.1) is 5.82 Å². The van der Waals surface area contributed by atoms with E-state index in [9.17, 15) is 18.0 Å². The van der Waals surface area contributed by atoms with Crippen molar-refractivity contribution in [3.05, 3.63) is 51.8 Å². The van der Waals surface area contributed by atoms with E-state index in [1.807, 2.05) is 0 Å². The average Bonchev–Trinajstić information content (AvgIpc) is 2.98. The predicted molar refractivity (Wildman–Crippen MR) is 103 cm³/mol. The number of aliphatic imine (C=N–C) groups is 1. The molecule has 2 N–H and O–H groups in total. The number of aryl methyl sites for hydroxylation is 1. The molecule has 9 heteroatoms. The topological polar surface area (TPSA) is 73.3 Å². The molecule has 1 aliphatic rings. The molecule has 0 unspecified atom stereocenters. The standard InChI is InChI=1S/C19H20BrF3N4O/c1-18(5-6-19(23,10-21)17(24)26-18)12-7-11(3-4-13(12)22)8-14(28)16-25-15(20)9-27(16)2/h3-4,7,9H,5-6,8,10H2,1-2H3,(H2,24,26)/t18-,19+/m0/s1. The first-order chi connectivity index (χ1) is 13.1. The molecular formula is C19H20BrF3N4O. The van der Waals surface area contributed by atoms with Crippen LogP contribution in [0.15, 0.2) is 34.0 Å². The molecule has 1 aromatic carbocycles. The van der Waals surface area contributed by atoms with Gasteiger partial charge < -0.3 is 10.3 Å². The molecule has 3 rings (SSSR count). The maximum Gasteiger partial charge on any atom is 0.202 e. The van der Waals surface area contributed by atoms with E-state index >= 15 is 0 Å². The van der Waals surface area contributed by atoms with Crippen LogP contribution in [0.25, 0.3) is 0 Å². The smallest absolute Gasteiger partial charge is 0.202 e. The molecule has 0 spiro atoms. The summed E-state index contributed by atoms with van der Waals surface area (Å²) in [5.41, 5.74) is 2.96. The van der Waals surface area contributed by atoms with E-state index in [0.29, 0.717) is 10.2 Å². The quantitative estimate of drug-likeness (QED) is 0.695. The Bertz CT molecular complexity index is 961. The number of amidine groups is 1. The minimum atomic E-state index is -2.31. The molecule has 1 aromatic heterocycles. The first kappa shape index (κ1) is 20.6. The van der Waals surface area contributed by atoms with Gasteiger partial charge >= 0.3 is 0 Å². The van der Waals surface area contributed by atoms with Crippen molar-refractivity contribution in [2.24, 2.45) is 17.8 Å². The van der Waals surface area contributed by atoms with Crippen LogP contribution in [0.4, 0.5) is 13.2 Å². The van der Waals surface area contributed by atoms with Crippen LogP contribution < -0.4 is 5.73 Å². The first-order valence-electron chi connectivity index (χ1n) is 8.69. The number of benzene rings is 1. The molecule has 0 aliphatic carbocycles. The molecule has 2 aromatic rings. The van der Waals surface area contributed by atoms with Crippen molar-refractivity contribution in [3.8, 4) is 0 Å². The largest absolute Gasteiger partial charge is 0.385 e. The van der Waals surface area contributed by atoms with E-state index < -0.39 is 29.5 Å². The van der Waals surface area contributed by atoms with Gasteiger partial charge in [0.1, 0.15) is 22.9 Å². The number of rotatable bonds is 5. The third-order valence-electron chi connectivity index (χ3n) is 5.12. The average molecular weight is 457 g/mol. The van der Waals surface area contributed by atoms with Gasteiger partial charge in [0.2, 0.25) is 5.78 Å². The van der Waals surface area contributed by atoms with Crippen LogP contribution >= 0.6 is 15.9 Å². The van der Waals surface area contributed by atoms with Gasteiger partial charge in [-0.25, -0.2) is 18.2 Å². The fourth-order valence-electron chi connectivity index (χ4n) is 3.37. The number of Topliss-reactive ketones (excluding diaryl/α,β-unsaturated/α-hetero) is 1. The summed E-state index contributed by atoms with van der Waals surface area (Å²) in [6.45, 7) is 0.353. The van der Waals surface area contributed by atoms with Gasteiger partial charge in [-0.05, 0) is 53.4 Å². The highest BCUT2D eigenvalue weighted by molar-refractivity contribution is 9.10. The maximum atomic E-state index is 14.5. The molecule has 1 aliphatic heterocycles. The lowest BCUT2D eigenvalue weighted by Crippen LogP contribution is -2.48.